The third kappa shape index (κ3) is 4.16. The summed E-state index contributed by atoms with van der Waals surface area (Å²) in [5.41, 5.74) is 0.507. The Labute approximate surface area is 129 Å². The SMILES string of the molecule is Cc1ccc(NC(=O)CSc2nccc(=O)[nH]2)cc1[N+](=O)[O-]. The van der Waals surface area contributed by atoms with E-state index in [2.05, 4.69) is 15.3 Å². The number of aromatic nitrogens is 2. The number of hydrogen-bond acceptors (Lipinski definition) is 6. The van der Waals surface area contributed by atoms with Crippen molar-refractivity contribution in [2.45, 2.75) is 12.1 Å². The second-order valence-electron chi connectivity index (χ2n) is 4.33. The Morgan fingerprint density at radius 3 is 2.91 bits per heavy atom. The maximum Gasteiger partial charge on any atom is 0.274 e. The molecule has 0 spiro atoms. The Bertz CT molecular complexity index is 775. The van der Waals surface area contributed by atoms with Crippen molar-refractivity contribution in [1.29, 1.82) is 0 Å². The third-order valence-corrected chi connectivity index (χ3v) is 3.56. The van der Waals surface area contributed by atoms with Crippen LogP contribution < -0.4 is 10.9 Å². The highest BCUT2D eigenvalue weighted by atomic mass is 32.2. The predicted octanol–water partition coefficient (Wildman–Crippen LogP) is 1.72. The van der Waals surface area contributed by atoms with Gasteiger partial charge in [0.15, 0.2) is 5.16 Å². The molecular weight excluding hydrogens is 308 g/mol. The van der Waals surface area contributed by atoms with E-state index in [-0.39, 0.29) is 22.9 Å². The monoisotopic (exact) mass is 320 g/mol. The van der Waals surface area contributed by atoms with Crippen LogP contribution in [0.2, 0.25) is 0 Å². The number of H-pyrrole nitrogens is 1. The molecule has 2 N–H and O–H groups in total. The van der Waals surface area contributed by atoms with Gasteiger partial charge in [-0.1, -0.05) is 17.8 Å². The van der Waals surface area contributed by atoms with Crippen molar-refractivity contribution in [3.63, 3.8) is 0 Å². The number of nitrogens with one attached hydrogen (secondary N) is 2. The van der Waals surface area contributed by atoms with E-state index < -0.39 is 4.92 Å². The fourth-order valence-corrected chi connectivity index (χ4v) is 2.29. The van der Waals surface area contributed by atoms with E-state index in [1.54, 1.807) is 19.1 Å². The smallest absolute Gasteiger partial charge is 0.274 e. The topological polar surface area (TPSA) is 118 Å². The van der Waals surface area contributed by atoms with E-state index in [9.17, 15) is 19.7 Å². The maximum atomic E-state index is 11.8. The number of anilines is 1. The minimum Gasteiger partial charge on any atom is -0.325 e. The minimum absolute atomic E-state index is 0.0224. The summed E-state index contributed by atoms with van der Waals surface area (Å²) in [6, 6.07) is 5.74. The number of hydrogen-bond donors (Lipinski definition) is 2. The zero-order valence-electron chi connectivity index (χ0n) is 11.5. The van der Waals surface area contributed by atoms with Gasteiger partial charge in [0.1, 0.15) is 0 Å². The van der Waals surface area contributed by atoms with Crippen molar-refractivity contribution >= 4 is 29.0 Å². The molecule has 1 aromatic carbocycles. The van der Waals surface area contributed by atoms with Crippen LogP contribution in [0, 0.1) is 17.0 Å². The number of aryl methyl sites for hydroxylation is 1. The molecule has 0 aliphatic rings. The number of thioether (sulfide) groups is 1. The highest BCUT2D eigenvalue weighted by Gasteiger charge is 2.12. The van der Waals surface area contributed by atoms with Gasteiger partial charge in [-0.25, -0.2) is 4.98 Å². The van der Waals surface area contributed by atoms with Crippen LogP contribution in [0.3, 0.4) is 0 Å². The molecule has 0 radical (unpaired) electrons. The first-order valence-corrected chi connectivity index (χ1v) is 7.17. The van der Waals surface area contributed by atoms with E-state index in [1.165, 1.54) is 18.3 Å². The molecule has 1 aromatic heterocycles. The number of nitro groups is 1. The van der Waals surface area contributed by atoms with E-state index in [4.69, 9.17) is 0 Å². The van der Waals surface area contributed by atoms with Gasteiger partial charge in [-0.3, -0.25) is 19.7 Å². The molecule has 1 heterocycles. The van der Waals surface area contributed by atoms with Gasteiger partial charge in [0, 0.05) is 29.6 Å². The third-order valence-electron chi connectivity index (χ3n) is 2.68. The van der Waals surface area contributed by atoms with Crippen LogP contribution in [0.1, 0.15) is 5.56 Å². The summed E-state index contributed by atoms with van der Waals surface area (Å²) in [4.78, 5) is 39.6. The van der Waals surface area contributed by atoms with Gasteiger partial charge >= 0.3 is 0 Å². The number of nitrogens with zero attached hydrogens (tertiary/aromatic N) is 2. The van der Waals surface area contributed by atoms with Crippen LogP contribution in [0.15, 0.2) is 40.4 Å². The molecule has 0 fully saturated rings. The number of nitro benzene ring substituents is 1. The Morgan fingerprint density at radius 2 is 2.23 bits per heavy atom. The quantitative estimate of drug-likeness (QED) is 0.375. The van der Waals surface area contributed by atoms with Crippen molar-refractivity contribution in [3.05, 3.63) is 56.5 Å². The van der Waals surface area contributed by atoms with Crippen LogP contribution in [0.5, 0.6) is 0 Å². The van der Waals surface area contributed by atoms with Gasteiger partial charge in [-0.05, 0) is 13.0 Å². The molecule has 0 bridgehead atoms. The largest absolute Gasteiger partial charge is 0.325 e. The van der Waals surface area contributed by atoms with Crippen LogP contribution in [-0.4, -0.2) is 26.6 Å². The highest BCUT2D eigenvalue weighted by Crippen LogP contribution is 2.22. The molecule has 1 amide bonds. The number of carbonyl (C=O) groups excluding carboxylic acids is 1. The lowest BCUT2D eigenvalue weighted by molar-refractivity contribution is -0.385. The Kier molecular flexibility index (Phi) is 4.89. The number of amides is 1. The fraction of sp³-hybridized carbons (Fsp3) is 0.154. The molecular formula is C13H12N4O4S. The van der Waals surface area contributed by atoms with E-state index in [0.717, 1.165) is 11.8 Å². The second kappa shape index (κ2) is 6.85. The standard InChI is InChI=1S/C13H12N4O4S/c1-8-2-3-9(6-10(8)17(20)21)15-12(19)7-22-13-14-5-4-11(18)16-13/h2-6H,7H2,1H3,(H,15,19)(H,14,16,18). The lowest BCUT2D eigenvalue weighted by Crippen LogP contribution is -2.15. The van der Waals surface area contributed by atoms with Gasteiger partial charge in [0.2, 0.25) is 5.91 Å². The van der Waals surface area contributed by atoms with Crippen molar-refractivity contribution in [3.8, 4) is 0 Å². The fourth-order valence-electron chi connectivity index (χ4n) is 1.64. The molecule has 0 aliphatic carbocycles. The molecule has 0 unspecified atom stereocenters. The molecule has 2 aromatic rings. The molecule has 22 heavy (non-hydrogen) atoms. The first-order valence-electron chi connectivity index (χ1n) is 6.19. The summed E-state index contributed by atoms with van der Waals surface area (Å²) in [7, 11) is 0. The predicted molar refractivity (Wildman–Crippen MR) is 82.0 cm³/mol. The molecule has 0 aliphatic heterocycles. The lowest BCUT2D eigenvalue weighted by Gasteiger charge is -2.05. The Balaban J connectivity index is 1.99. The van der Waals surface area contributed by atoms with E-state index in [0.29, 0.717) is 16.4 Å². The molecule has 0 atom stereocenters. The zero-order chi connectivity index (χ0) is 16.1. The van der Waals surface area contributed by atoms with Crippen molar-refractivity contribution in [2.75, 3.05) is 11.1 Å². The molecule has 0 saturated heterocycles. The summed E-state index contributed by atoms with van der Waals surface area (Å²) < 4.78 is 0. The number of aromatic amines is 1. The summed E-state index contributed by atoms with van der Waals surface area (Å²) >= 11 is 1.06. The van der Waals surface area contributed by atoms with Gasteiger partial charge in [-0.2, -0.15) is 0 Å². The summed E-state index contributed by atoms with van der Waals surface area (Å²) in [6.07, 6.45) is 1.35. The average Bonchev–Trinajstić information content (AvgIpc) is 2.47. The van der Waals surface area contributed by atoms with Gasteiger partial charge in [0.25, 0.3) is 11.2 Å². The Hall–Kier alpha value is -2.68. The number of carbonyl (C=O) groups is 1. The highest BCUT2D eigenvalue weighted by molar-refractivity contribution is 7.99. The van der Waals surface area contributed by atoms with Crippen molar-refractivity contribution in [2.24, 2.45) is 0 Å². The van der Waals surface area contributed by atoms with Crippen LogP contribution >= 0.6 is 11.8 Å². The van der Waals surface area contributed by atoms with E-state index >= 15 is 0 Å². The molecule has 2 rings (SSSR count). The van der Waals surface area contributed by atoms with Crippen molar-refractivity contribution in [1.82, 2.24) is 9.97 Å². The lowest BCUT2D eigenvalue weighted by atomic mass is 10.2. The first-order chi connectivity index (χ1) is 10.5. The van der Waals surface area contributed by atoms with E-state index in [1.807, 2.05) is 0 Å². The van der Waals surface area contributed by atoms with Gasteiger partial charge < -0.3 is 10.3 Å². The molecule has 114 valence electrons. The number of benzene rings is 1. The van der Waals surface area contributed by atoms with Crippen LogP contribution in [0.25, 0.3) is 0 Å². The summed E-state index contributed by atoms with van der Waals surface area (Å²) in [5, 5.41) is 13.7. The average molecular weight is 320 g/mol. The van der Waals surface area contributed by atoms with Crippen LogP contribution in [0.4, 0.5) is 11.4 Å². The van der Waals surface area contributed by atoms with Gasteiger partial charge in [0.05, 0.1) is 10.7 Å². The summed E-state index contributed by atoms with van der Waals surface area (Å²) in [5.74, 6) is -0.330. The molecule has 8 nitrogen and oxygen atoms in total. The number of rotatable bonds is 5. The van der Waals surface area contributed by atoms with Gasteiger partial charge in [-0.15, -0.1) is 0 Å². The summed E-state index contributed by atoms with van der Waals surface area (Å²) in [6.45, 7) is 1.62. The zero-order valence-corrected chi connectivity index (χ0v) is 12.3. The minimum atomic E-state index is -0.502. The second-order valence-corrected chi connectivity index (χ2v) is 5.30. The molecule has 9 heteroatoms. The van der Waals surface area contributed by atoms with Crippen LogP contribution in [-0.2, 0) is 4.79 Å². The Morgan fingerprint density at radius 1 is 1.45 bits per heavy atom. The van der Waals surface area contributed by atoms with Crippen molar-refractivity contribution < 1.29 is 9.72 Å². The molecule has 0 saturated carbocycles. The maximum absolute atomic E-state index is 11.8. The normalized spacial score (nSPS) is 10.2. The first kappa shape index (κ1) is 15.7.